The number of aryl methyl sites for hydroxylation is 2. The van der Waals surface area contributed by atoms with Crippen LogP contribution in [0.1, 0.15) is 95.2 Å². The first-order valence-electron chi connectivity index (χ1n) is 21.0. The molecule has 13 heteroatoms. The van der Waals surface area contributed by atoms with E-state index < -0.39 is 17.7 Å². The van der Waals surface area contributed by atoms with Crippen LogP contribution in [0.2, 0.25) is 0 Å². The molecule has 6 aromatic rings. The Morgan fingerprint density at radius 1 is 0.790 bits per heavy atom. The van der Waals surface area contributed by atoms with Gasteiger partial charge in [0.05, 0.1) is 31.1 Å². The molecule has 320 valence electrons. The highest BCUT2D eigenvalue weighted by molar-refractivity contribution is 7.15. The van der Waals surface area contributed by atoms with Crippen LogP contribution in [0.4, 0.5) is 8.78 Å². The van der Waals surface area contributed by atoms with E-state index in [0.717, 1.165) is 58.3 Å². The van der Waals surface area contributed by atoms with E-state index in [4.69, 9.17) is 33.4 Å². The van der Waals surface area contributed by atoms with Crippen molar-refractivity contribution in [1.82, 2.24) is 14.8 Å². The molecule has 9 rings (SSSR count). The summed E-state index contributed by atoms with van der Waals surface area (Å²) in [5.74, 6) is 2.11. The number of aromatic nitrogens is 3. The number of allylic oxidation sites excluding steroid dienone is 1. The Kier molecular flexibility index (Phi) is 11.9. The Morgan fingerprint density at radius 3 is 2.24 bits per heavy atom. The van der Waals surface area contributed by atoms with E-state index in [1.54, 1.807) is 11.3 Å². The predicted octanol–water partition coefficient (Wildman–Crippen LogP) is 10.9. The lowest BCUT2D eigenvalue weighted by molar-refractivity contribution is -0.105. The molecule has 5 heterocycles. The molecule has 3 atom stereocenters. The van der Waals surface area contributed by atoms with Crippen molar-refractivity contribution in [2.24, 2.45) is 4.99 Å². The third-order valence-corrected chi connectivity index (χ3v) is 12.7. The number of rotatable bonds is 13. The second-order valence-electron chi connectivity index (χ2n) is 15.7. The summed E-state index contributed by atoms with van der Waals surface area (Å²) in [5, 5.41) is 9.87. The maximum Gasteiger partial charge on any atom is 0.199 e. The van der Waals surface area contributed by atoms with Crippen LogP contribution in [0.5, 0.6) is 23.0 Å². The van der Waals surface area contributed by atoms with Crippen LogP contribution in [-0.4, -0.2) is 59.8 Å². The average molecular weight is 859 g/mol. The highest BCUT2D eigenvalue weighted by atomic mass is 32.1. The summed E-state index contributed by atoms with van der Waals surface area (Å²) in [5.41, 5.74) is 6.58. The van der Waals surface area contributed by atoms with E-state index in [9.17, 15) is 0 Å². The fraction of sp³-hybridized carbons (Fsp3) is 0.327. The Bertz CT molecular complexity index is 2630. The zero-order valence-electron chi connectivity index (χ0n) is 35.4. The van der Waals surface area contributed by atoms with Crippen molar-refractivity contribution in [3.63, 3.8) is 0 Å². The van der Waals surface area contributed by atoms with Crippen LogP contribution in [0, 0.1) is 32.4 Å². The zero-order chi connectivity index (χ0) is 42.9. The van der Waals surface area contributed by atoms with Gasteiger partial charge in [-0.1, -0.05) is 30.3 Å². The van der Waals surface area contributed by atoms with Gasteiger partial charge in [0.15, 0.2) is 12.1 Å². The first-order chi connectivity index (χ1) is 30.1. The van der Waals surface area contributed by atoms with Gasteiger partial charge in [0.25, 0.3) is 0 Å². The van der Waals surface area contributed by atoms with Crippen molar-refractivity contribution in [2.45, 2.75) is 72.3 Å². The number of aliphatic imine (C=N–C) groups is 1. The highest BCUT2D eigenvalue weighted by Gasteiger charge is 2.34. The van der Waals surface area contributed by atoms with Gasteiger partial charge in [-0.2, -0.15) is 0 Å². The van der Waals surface area contributed by atoms with Gasteiger partial charge in [0.2, 0.25) is 0 Å². The summed E-state index contributed by atoms with van der Waals surface area (Å²) in [6.07, 6.45) is 1.74. The standard InChI is InChI=1S/C49H48F2N4O6S/c1-28-31(4)62-49-44(28)46(52-30(3)48-54-53-32(5)55(48)49)33-14-16-35(17-15-33)57-23-21-56-22-24-58-37-26-39(50)45(40(51)27-37)43-29(2)38-25-36(60-42-13-9-10-20-59-42)18-19-41(38)61-47(43)34-11-7-6-8-12-34/h6-8,11-12,14-19,25-27,30,42,47H,9-10,13,20-24H2,1-5H3/t30-,42?,47?/m0/s1. The van der Waals surface area contributed by atoms with Gasteiger partial charge in [-0.05, 0) is 107 Å². The number of ether oxygens (including phenoxy) is 6. The van der Waals surface area contributed by atoms with E-state index in [-0.39, 0.29) is 36.9 Å². The zero-order valence-corrected chi connectivity index (χ0v) is 36.2. The van der Waals surface area contributed by atoms with Gasteiger partial charge < -0.3 is 28.4 Å². The van der Waals surface area contributed by atoms with E-state index in [0.29, 0.717) is 53.8 Å². The lowest BCUT2D eigenvalue weighted by Gasteiger charge is -2.32. The lowest BCUT2D eigenvalue weighted by atomic mass is 9.85. The quantitative estimate of drug-likeness (QED) is 0.106. The number of thiophene rings is 1. The molecule has 1 saturated heterocycles. The average Bonchev–Trinajstić information content (AvgIpc) is 3.77. The van der Waals surface area contributed by atoms with E-state index in [1.165, 1.54) is 22.6 Å². The second kappa shape index (κ2) is 17.8. The van der Waals surface area contributed by atoms with Gasteiger partial charge in [-0.25, -0.2) is 8.78 Å². The molecular weight excluding hydrogens is 811 g/mol. The minimum absolute atomic E-state index is 0.0581. The van der Waals surface area contributed by atoms with Crippen molar-refractivity contribution in [2.75, 3.05) is 33.0 Å². The SMILES string of the molecule is CC1=C(c2c(F)cc(OCCOCCOc3ccc(C4=N[C@@H](C)c5nnc(C)n5-c5sc(C)c(C)c54)cc3)cc2F)C(c2ccccc2)Oc2ccc(OC3CCCCO3)cc21. The topological polar surface area (TPSA) is 98.5 Å². The molecule has 0 amide bonds. The van der Waals surface area contributed by atoms with Crippen LogP contribution < -0.4 is 18.9 Å². The smallest absolute Gasteiger partial charge is 0.199 e. The Labute approximate surface area is 363 Å². The molecule has 3 aliphatic heterocycles. The number of nitrogens with zero attached hydrogens (tertiary/aromatic N) is 4. The summed E-state index contributed by atoms with van der Waals surface area (Å²) < 4.78 is 70.3. The van der Waals surface area contributed by atoms with E-state index >= 15 is 8.78 Å². The Hall–Kier alpha value is -5.89. The maximum atomic E-state index is 16.2. The molecule has 0 aliphatic carbocycles. The van der Waals surface area contributed by atoms with Crippen molar-refractivity contribution in [3.05, 3.63) is 146 Å². The van der Waals surface area contributed by atoms with Gasteiger partial charge in [0.1, 0.15) is 70.8 Å². The molecule has 62 heavy (non-hydrogen) atoms. The number of benzene rings is 4. The van der Waals surface area contributed by atoms with Gasteiger partial charge in [-0.15, -0.1) is 21.5 Å². The fourth-order valence-electron chi connectivity index (χ4n) is 8.26. The van der Waals surface area contributed by atoms with Gasteiger partial charge >= 0.3 is 0 Å². The first-order valence-corrected chi connectivity index (χ1v) is 21.8. The van der Waals surface area contributed by atoms with Crippen LogP contribution in [0.15, 0.2) is 89.9 Å². The van der Waals surface area contributed by atoms with Crippen LogP contribution in [-0.2, 0) is 9.47 Å². The van der Waals surface area contributed by atoms with E-state index in [1.807, 2.05) is 93.6 Å². The van der Waals surface area contributed by atoms with Gasteiger partial charge in [0, 0.05) is 45.7 Å². The number of hydrogen-bond acceptors (Lipinski definition) is 10. The Balaban J connectivity index is 0.820. The predicted molar refractivity (Wildman–Crippen MR) is 235 cm³/mol. The summed E-state index contributed by atoms with van der Waals surface area (Å²) in [6.45, 7) is 11.7. The molecule has 0 N–H and O–H groups in total. The molecule has 4 aromatic carbocycles. The molecule has 0 radical (unpaired) electrons. The second-order valence-corrected chi connectivity index (χ2v) is 16.9. The fourth-order valence-corrected chi connectivity index (χ4v) is 9.48. The maximum absolute atomic E-state index is 16.2. The summed E-state index contributed by atoms with van der Waals surface area (Å²) in [6, 6.07) is 25.1. The van der Waals surface area contributed by atoms with Crippen LogP contribution in [0.3, 0.4) is 0 Å². The minimum Gasteiger partial charge on any atom is -0.491 e. The molecule has 2 aromatic heterocycles. The lowest BCUT2D eigenvalue weighted by Crippen LogP contribution is -2.25. The molecular formula is C49H48F2N4O6S. The van der Waals surface area contributed by atoms with Crippen molar-refractivity contribution < 1.29 is 37.2 Å². The highest BCUT2D eigenvalue weighted by Crippen LogP contribution is 2.49. The van der Waals surface area contributed by atoms with Crippen molar-refractivity contribution in [1.29, 1.82) is 0 Å². The van der Waals surface area contributed by atoms with E-state index in [2.05, 4.69) is 28.6 Å². The monoisotopic (exact) mass is 858 g/mol. The van der Waals surface area contributed by atoms with Crippen molar-refractivity contribution in [3.8, 4) is 28.0 Å². The number of hydrogen-bond donors (Lipinski definition) is 0. The third-order valence-electron chi connectivity index (χ3n) is 11.5. The third kappa shape index (κ3) is 8.24. The molecule has 0 spiro atoms. The van der Waals surface area contributed by atoms with Gasteiger partial charge in [-0.3, -0.25) is 9.56 Å². The number of fused-ring (bicyclic) bond motifs is 4. The largest absolute Gasteiger partial charge is 0.491 e. The van der Waals surface area contributed by atoms with Crippen molar-refractivity contribution >= 4 is 28.2 Å². The Morgan fingerprint density at radius 2 is 1.52 bits per heavy atom. The molecule has 10 nitrogen and oxygen atoms in total. The molecule has 0 bridgehead atoms. The molecule has 3 aliphatic rings. The van der Waals surface area contributed by atoms with Crippen LogP contribution >= 0.6 is 11.3 Å². The summed E-state index contributed by atoms with van der Waals surface area (Å²) in [7, 11) is 0. The summed E-state index contributed by atoms with van der Waals surface area (Å²) in [4.78, 5) is 6.35. The normalized spacial score (nSPS) is 18.2. The summed E-state index contributed by atoms with van der Waals surface area (Å²) >= 11 is 1.73. The molecule has 0 saturated carbocycles. The molecule has 1 fully saturated rings. The molecule has 2 unspecified atom stereocenters. The van der Waals surface area contributed by atoms with Crippen LogP contribution in [0.25, 0.3) is 16.1 Å². The minimum atomic E-state index is -0.758. The number of halogens is 2. The first kappa shape index (κ1) is 41.5.